The predicted octanol–water partition coefficient (Wildman–Crippen LogP) is 4.41. The lowest BCUT2D eigenvalue weighted by Gasteiger charge is -2.27. The van der Waals surface area contributed by atoms with Crippen molar-refractivity contribution in [1.82, 2.24) is 4.90 Å². The zero-order valence-electron chi connectivity index (χ0n) is 15.0. The lowest BCUT2D eigenvalue weighted by molar-refractivity contribution is 0.0237. The Morgan fingerprint density at radius 1 is 1.22 bits per heavy atom. The van der Waals surface area contributed by atoms with E-state index in [9.17, 15) is 4.79 Å². The Morgan fingerprint density at radius 2 is 1.87 bits per heavy atom. The highest BCUT2D eigenvalue weighted by Crippen LogP contribution is 2.13. The third-order valence-electron chi connectivity index (χ3n) is 3.13. The summed E-state index contributed by atoms with van der Waals surface area (Å²) < 4.78 is 10.6. The summed E-state index contributed by atoms with van der Waals surface area (Å²) in [6.45, 7) is 9.46. The number of carbonyl (C=O) groups is 1. The van der Waals surface area contributed by atoms with Gasteiger partial charge in [-0.3, -0.25) is 0 Å². The van der Waals surface area contributed by atoms with Crippen LogP contribution in [0, 0.1) is 0 Å². The van der Waals surface area contributed by atoms with Crippen LogP contribution in [0.5, 0.6) is 0 Å². The molecule has 0 aromatic heterocycles. The maximum atomic E-state index is 12.4. The molecule has 0 spiro atoms. The number of hydrogen-bond donors (Lipinski definition) is 0. The van der Waals surface area contributed by atoms with Gasteiger partial charge < -0.3 is 14.4 Å². The van der Waals surface area contributed by atoms with Gasteiger partial charge in [0.25, 0.3) is 0 Å². The quantitative estimate of drug-likeness (QED) is 0.699. The minimum absolute atomic E-state index is 0.279. The van der Waals surface area contributed by atoms with Gasteiger partial charge >= 0.3 is 6.09 Å². The maximum absolute atomic E-state index is 12.4. The molecule has 0 saturated heterocycles. The molecule has 1 aromatic rings. The molecule has 1 amide bonds. The van der Waals surface area contributed by atoms with E-state index in [1.807, 2.05) is 58.0 Å². The van der Waals surface area contributed by atoms with Gasteiger partial charge in [0, 0.05) is 20.2 Å². The van der Waals surface area contributed by atoms with Gasteiger partial charge in [0.2, 0.25) is 0 Å². The highest BCUT2D eigenvalue weighted by atomic mass is 16.6. The average Bonchev–Trinajstić information content (AvgIpc) is 2.46. The maximum Gasteiger partial charge on any atom is 0.410 e. The van der Waals surface area contributed by atoms with Crippen molar-refractivity contribution in [3.63, 3.8) is 0 Å². The number of benzene rings is 1. The van der Waals surface area contributed by atoms with E-state index in [0.717, 1.165) is 17.6 Å². The molecule has 1 aromatic carbocycles. The lowest BCUT2D eigenvalue weighted by Crippen LogP contribution is -2.37. The van der Waals surface area contributed by atoms with Crippen molar-refractivity contribution in [3.8, 4) is 0 Å². The first-order valence-electron chi connectivity index (χ1n) is 7.98. The van der Waals surface area contributed by atoms with E-state index in [0.29, 0.717) is 19.7 Å². The van der Waals surface area contributed by atoms with Gasteiger partial charge in [-0.15, -0.1) is 0 Å². The van der Waals surface area contributed by atoms with Crippen LogP contribution in [0.4, 0.5) is 4.79 Å². The van der Waals surface area contributed by atoms with E-state index < -0.39 is 5.60 Å². The second-order valence-electron chi connectivity index (χ2n) is 6.66. The molecule has 0 aliphatic heterocycles. The molecule has 1 rings (SSSR count). The number of ether oxygens (including phenoxy) is 2. The largest absolute Gasteiger partial charge is 0.444 e. The van der Waals surface area contributed by atoms with Crippen molar-refractivity contribution in [2.24, 2.45) is 0 Å². The molecule has 0 saturated carbocycles. The molecule has 0 atom stereocenters. The Hall–Kier alpha value is -1.81. The Bertz CT molecular complexity index is 503. The average molecular weight is 319 g/mol. The minimum Gasteiger partial charge on any atom is -0.444 e. The van der Waals surface area contributed by atoms with Crippen LogP contribution >= 0.6 is 0 Å². The molecule has 4 nitrogen and oxygen atoms in total. The van der Waals surface area contributed by atoms with E-state index in [1.54, 1.807) is 12.0 Å². The van der Waals surface area contributed by atoms with E-state index in [-0.39, 0.29) is 6.09 Å². The number of amides is 1. The van der Waals surface area contributed by atoms with Crippen molar-refractivity contribution in [3.05, 3.63) is 47.5 Å². The van der Waals surface area contributed by atoms with Gasteiger partial charge in [-0.1, -0.05) is 42.0 Å². The van der Waals surface area contributed by atoms with E-state index in [1.165, 1.54) is 0 Å². The molecular weight excluding hydrogens is 290 g/mol. The molecule has 0 aliphatic carbocycles. The van der Waals surface area contributed by atoms with Crippen LogP contribution in [-0.2, 0) is 16.0 Å². The zero-order chi connectivity index (χ0) is 17.3. The van der Waals surface area contributed by atoms with Crippen LogP contribution in [0.15, 0.2) is 42.0 Å². The Balaban J connectivity index is 2.72. The SMILES string of the molecule is COC/C(C)=C/CCN(Cc1ccccc1)C(=O)OC(C)(C)C. The third kappa shape index (κ3) is 8.41. The van der Waals surface area contributed by atoms with Gasteiger partial charge in [-0.2, -0.15) is 0 Å². The number of nitrogens with zero attached hydrogens (tertiary/aromatic N) is 1. The first kappa shape index (κ1) is 19.2. The number of rotatable bonds is 7. The third-order valence-corrected chi connectivity index (χ3v) is 3.13. The van der Waals surface area contributed by atoms with Gasteiger partial charge in [0.05, 0.1) is 6.61 Å². The normalized spacial score (nSPS) is 12.1. The summed E-state index contributed by atoms with van der Waals surface area (Å²) in [5.74, 6) is 0. The summed E-state index contributed by atoms with van der Waals surface area (Å²) in [5.41, 5.74) is 1.76. The van der Waals surface area contributed by atoms with E-state index in [2.05, 4.69) is 6.08 Å². The van der Waals surface area contributed by atoms with Gasteiger partial charge in [-0.05, 0) is 39.7 Å². The monoisotopic (exact) mass is 319 g/mol. The fourth-order valence-corrected chi connectivity index (χ4v) is 2.12. The molecule has 0 bridgehead atoms. The van der Waals surface area contributed by atoms with Crippen molar-refractivity contribution >= 4 is 6.09 Å². The standard InChI is InChI=1S/C19H29NO3/c1-16(15-22-5)10-9-13-20(18(21)23-19(2,3)4)14-17-11-7-6-8-12-17/h6-8,10-12H,9,13-15H2,1-5H3/b16-10+. The van der Waals surface area contributed by atoms with E-state index in [4.69, 9.17) is 9.47 Å². The number of carbonyl (C=O) groups excluding carboxylic acids is 1. The Morgan fingerprint density at radius 3 is 2.43 bits per heavy atom. The fourth-order valence-electron chi connectivity index (χ4n) is 2.12. The Labute approximate surface area is 140 Å². The van der Waals surface area contributed by atoms with Crippen LogP contribution in [0.3, 0.4) is 0 Å². The lowest BCUT2D eigenvalue weighted by atomic mass is 10.2. The molecule has 0 aliphatic rings. The topological polar surface area (TPSA) is 38.8 Å². The second-order valence-corrected chi connectivity index (χ2v) is 6.66. The molecule has 0 heterocycles. The second kappa shape index (κ2) is 9.36. The molecule has 0 N–H and O–H groups in total. The summed E-state index contributed by atoms with van der Waals surface area (Å²) in [5, 5.41) is 0. The van der Waals surface area contributed by atoms with Gasteiger partial charge in [-0.25, -0.2) is 4.79 Å². The van der Waals surface area contributed by atoms with Crippen LogP contribution in [0.2, 0.25) is 0 Å². The number of hydrogen-bond acceptors (Lipinski definition) is 3. The summed E-state index contributed by atoms with van der Waals surface area (Å²) in [4.78, 5) is 14.2. The smallest absolute Gasteiger partial charge is 0.410 e. The molecule has 4 heteroatoms. The molecule has 0 unspecified atom stereocenters. The van der Waals surface area contributed by atoms with Crippen LogP contribution < -0.4 is 0 Å². The summed E-state index contributed by atoms with van der Waals surface area (Å²) in [6.07, 6.45) is 2.60. The molecule has 128 valence electrons. The summed E-state index contributed by atoms with van der Waals surface area (Å²) in [7, 11) is 1.68. The van der Waals surface area contributed by atoms with Crippen molar-refractivity contribution in [2.75, 3.05) is 20.3 Å². The number of methoxy groups -OCH3 is 1. The van der Waals surface area contributed by atoms with Crippen molar-refractivity contribution in [1.29, 1.82) is 0 Å². The summed E-state index contributed by atoms with van der Waals surface area (Å²) >= 11 is 0. The van der Waals surface area contributed by atoms with Crippen molar-refractivity contribution < 1.29 is 14.3 Å². The van der Waals surface area contributed by atoms with Crippen LogP contribution in [0.25, 0.3) is 0 Å². The molecule has 0 fully saturated rings. The van der Waals surface area contributed by atoms with Crippen LogP contribution in [-0.4, -0.2) is 36.9 Å². The van der Waals surface area contributed by atoms with Gasteiger partial charge in [0.1, 0.15) is 5.60 Å². The minimum atomic E-state index is -0.492. The first-order valence-corrected chi connectivity index (χ1v) is 7.98. The predicted molar refractivity (Wildman–Crippen MR) is 93.3 cm³/mol. The zero-order valence-corrected chi connectivity index (χ0v) is 15.0. The highest BCUT2D eigenvalue weighted by Gasteiger charge is 2.21. The molecular formula is C19H29NO3. The van der Waals surface area contributed by atoms with E-state index >= 15 is 0 Å². The summed E-state index contributed by atoms with van der Waals surface area (Å²) in [6, 6.07) is 9.96. The molecule has 23 heavy (non-hydrogen) atoms. The molecule has 0 radical (unpaired) electrons. The van der Waals surface area contributed by atoms with Gasteiger partial charge in [0.15, 0.2) is 0 Å². The first-order chi connectivity index (χ1) is 10.8. The van der Waals surface area contributed by atoms with Crippen molar-refractivity contribution in [2.45, 2.75) is 46.3 Å². The Kier molecular flexibility index (Phi) is 7.83. The van der Waals surface area contributed by atoms with Crippen LogP contribution in [0.1, 0.15) is 39.7 Å². The highest BCUT2D eigenvalue weighted by molar-refractivity contribution is 5.68. The fraction of sp³-hybridized carbons (Fsp3) is 0.526.